The van der Waals surface area contributed by atoms with E-state index in [-0.39, 0.29) is 11.9 Å². The predicted octanol–water partition coefficient (Wildman–Crippen LogP) is 2.96. The lowest BCUT2D eigenvalue weighted by molar-refractivity contribution is 0.0928. The zero-order chi connectivity index (χ0) is 15.2. The molecule has 0 saturated carbocycles. The first kappa shape index (κ1) is 14.6. The van der Waals surface area contributed by atoms with Gasteiger partial charge in [-0.25, -0.2) is 0 Å². The van der Waals surface area contributed by atoms with E-state index in [1.54, 1.807) is 6.07 Å². The fourth-order valence-electron chi connectivity index (χ4n) is 2.60. The Morgan fingerprint density at radius 2 is 1.86 bits per heavy atom. The van der Waals surface area contributed by atoms with Crippen LogP contribution >= 0.6 is 0 Å². The minimum absolute atomic E-state index is 0.0831. The van der Waals surface area contributed by atoms with Crippen molar-refractivity contribution in [3.8, 4) is 11.5 Å². The van der Waals surface area contributed by atoms with Gasteiger partial charge in [-0.1, -0.05) is 30.3 Å². The molecule has 22 heavy (non-hydrogen) atoms. The molecule has 1 fully saturated rings. The molecule has 1 aliphatic rings. The number of piperidine rings is 1. The molecule has 4 heteroatoms. The van der Waals surface area contributed by atoms with Crippen LogP contribution in [0.25, 0.3) is 0 Å². The van der Waals surface area contributed by atoms with Gasteiger partial charge in [0.2, 0.25) is 0 Å². The van der Waals surface area contributed by atoms with Crippen molar-refractivity contribution in [3.63, 3.8) is 0 Å². The molecule has 0 radical (unpaired) electrons. The molecule has 0 aliphatic carbocycles. The zero-order valence-corrected chi connectivity index (χ0v) is 12.4. The van der Waals surface area contributed by atoms with Crippen LogP contribution in [0, 0.1) is 0 Å². The van der Waals surface area contributed by atoms with Crippen molar-refractivity contribution < 1.29 is 9.53 Å². The van der Waals surface area contributed by atoms with Crippen LogP contribution in [0.5, 0.6) is 11.5 Å². The molecule has 2 aromatic carbocycles. The van der Waals surface area contributed by atoms with Gasteiger partial charge in [-0.15, -0.1) is 0 Å². The van der Waals surface area contributed by atoms with Crippen molar-refractivity contribution in [1.82, 2.24) is 10.6 Å². The number of nitrogens with one attached hydrogen (secondary N) is 2. The minimum atomic E-state index is -0.0831. The van der Waals surface area contributed by atoms with Crippen LogP contribution in [0.2, 0.25) is 0 Å². The van der Waals surface area contributed by atoms with E-state index >= 15 is 0 Å². The van der Waals surface area contributed by atoms with E-state index in [0.29, 0.717) is 11.3 Å². The fraction of sp³-hybridized carbons (Fsp3) is 0.278. The van der Waals surface area contributed by atoms with Gasteiger partial charge in [-0.2, -0.15) is 0 Å². The standard InChI is InChI=1S/C18H20N2O2/c21-18(20-14-7-6-12-19-13-14)16-10-4-5-11-17(16)22-15-8-2-1-3-9-15/h1-5,8-11,14,19H,6-7,12-13H2,(H,20,21). The van der Waals surface area contributed by atoms with Crippen LogP contribution in [0.3, 0.4) is 0 Å². The summed E-state index contributed by atoms with van der Waals surface area (Å²) in [5.41, 5.74) is 0.567. The third-order valence-corrected chi connectivity index (χ3v) is 3.73. The summed E-state index contributed by atoms with van der Waals surface area (Å²) in [4.78, 5) is 12.5. The smallest absolute Gasteiger partial charge is 0.255 e. The molecule has 1 heterocycles. The zero-order valence-electron chi connectivity index (χ0n) is 12.4. The van der Waals surface area contributed by atoms with E-state index in [2.05, 4.69) is 10.6 Å². The molecule has 4 nitrogen and oxygen atoms in total. The molecule has 0 spiro atoms. The maximum Gasteiger partial charge on any atom is 0.255 e. The van der Waals surface area contributed by atoms with Gasteiger partial charge in [0.05, 0.1) is 5.56 Å². The Morgan fingerprint density at radius 3 is 2.64 bits per heavy atom. The van der Waals surface area contributed by atoms with E-state index in [1.807, 2.05) is 48.5 Å². The largest absolute Gasteiger partial charge is 0.457 e. The van der Waals surface area contributed by atoms with Gasteiger partial charge < -0.3 is 15.4 Å². The number of ether oxygens (including phenoxy) is 1. The highest BCUT2D eigenvalue weighted by Gasteiger charge is 2.18. The fourth-order valence-corrected chi connectivity index (χ4v) is 2.60. The minimum Gasteiger partial charge on any atom is -0.457 e. The Kier molecular flexibility index (Phi) is 4.71. The van der Waals surface area contributed by atoms with Gasteiger partial charge in [-0.05, 0) is 43.7 Å². The molecule has 0 aromatic heterocycles. The molecule has 1 saturated heterocycles. The van der Waals surface area contributed by atoms with Crippen LogP contribution in [-0.4, -0.2) is 25.0 Å². The van der Waals surface area contributed by atoms with Gasteiger partial charge in [0.25, 0.3) is 5.91 Å². The molecule has 2 aromatic rings. The first-order chi connectivity index (χ1) is 10.8. The SMILES string of the molecule is O=C(NC1CCCNC1)c1ccccc1Oc1ccccc1. The summed E-state index contributed by atoms with van der Waals surface area (Å²) in [5, 5.41) is 6.38. The van der Waals surface area contributed by atoms with E-state index in [0.717, 1.165) is 31.7 Å². The summed E-state index contributed by atoms with van der Waals surface area (Å²) in [5.74, 6) is 1.22. The number of carbonyl (C=O) groups excluding carboxylic acids is 1. The van der Waals surface area contributed by atoms with Crippen LogP contribution in [-0.2, 0) is 0 Å². The van der Waals surface area contributed by atoms with Gasteiger partial charge >= 0.3 is 0 Å². The van der Waals surface area contributed by atoms with Crippen LogP contribution < -0.4 is 15.4 Å². The Labute approximate surface area is 130 Å². The quantitative estimate of drug-likeness (QED) is 0.912. The topological polar surface area (TPSA) is 50.4 Å². The van der Waals surface area contributed by atoms with E-state index in [9.17, 15) is 4.79 Å². The highest BCUT2D eigenvalue weighted by molar-refractivity contribution is 5.97. The maximum absolute atomic E-state index is 12.5. The molecule has 2 N–H and O–H groups in total. The summed E-state index contributed by atoms with van der Waals surface area (Å²) in [6.45, 7) is 1.85. The normalized spacial score (nSPS) is 17.7. The van der Waals surface area contributed by atoms with Crippen molar-refractivity contribution in [2.24, 2.45) is 0 Å². The summed E-state index contributed by atoms with van der Waals surface area (Å²) in [6, 6.07) is 17.0. The van der Waals surface area contributed by atoms with E-state index in [4.69, 9.17) is 4.74 Å². The lowest BCUT2D eigenvalue weighted by atomic mass is 10.1. The van der Waals surface area contributed by atoms with Crippen molar-refractivity contribution in [1.29, 1.82) is 0 Å². The number of amides is 1. The number of rotatable bonds is 4. The summed E-state index contributed by atoms with van der Waals surface area (Å²) in [7, 11) is 0. The summed E-state index contributed by atoms with van der Waals surface area (Å²) < 4.78 is 5.84. The second kappa shape index (κ2) is 7.09. The Bertz CT molecular complexity index is 622. The Morgan fingerprint density at radius 1 is 1.09 bits per heavy atom. The number of para-hydroxylation sites is 2. The highest BCUT2D eigenvalue weighted by Crippen LogP contribution is 2.25. The second-order valence-electron chi connectivity index (χ2n) is 5.43. The molecular formula is C18H20N2O2. The van der Waals surface area contributed by atoms with Crippen LogP contribution in [0.4, 0.5) is 0 Å². The molecule has 114 valence electrons. The lowest BCUT2D eigenvalue weighted by Crippen LogP contribution is -2.45. The second-order valence-corrected chi connectivity index (χ2v) is 5.43. The molecule has 1 aliphatic heterocycles. The monoisotopic (exact) mass is 296 g/mol. The first-order valence-corrected chi connectivity index (χ1v) is 7.66. The van der Waals surface area contributed by atoms with E-state index < -0.39 is 0 Å². The number of hydrogen-bond acceptors (Lipinski definition) is 3. The van der Waals surface area contributed by atoms with Crippen LogP contribution in [0.1, 0.15) is 23.2 Å². The third kappa shape index (κ3) is 3.65. The third-order valence-electron chi connectivity index (χ3n) is 3.73. The molecule has 1 amide bonds. The van der Waals surface area contributed by atoms with Gasteiger partial charge in [0.1, 0.15) is 11.5 Å². The van der Waals surface area contributed by atoms with Crippen molar-refractivity contribution >= 4 is 5.91 Å². The summed E-state index contributed by atoms with van der Waals surface area (Å²) in [6.07, 6.45) is 2.10. The number of benzene rings is 2. The number of hydrogen-bond donors (Lipinski definition) is 2. The average molecular weight is 296 g/mol. The molecule has 1 atom stereocenters. The van der Waals surface area contributed by atoms with Crippen LogP contribution in [0.15, 0.2) is 54.6 Å². The predicted molar refractivity (Wildman–Crippen MR) is 86.3 cm³/mol. The molecule has 1 unspecified atom stereocenters. The lowest BCUT2D eigenvalue weighted by Gasteiger charge is -2.24. The highest BCUT2D eigenvalue weighted by atomic mass is 16.5. The van der Waals surface area contributed by atoms with Gasteiger partial charge in [0, 0.05) is 12.6 Å². The van der Waals surface area contributed by atoms with Crippen molar-refractivity contribution in [2.75, 3.05) is 13.1 Å². The Balaban J connectivity index is 1.74. The van der Waals surface area contributed by atoms with Crippen molar-refractivity contribution in [3.05, 3.63) is 60.2 Å². The van der Waals surface area contributed by atoms with Gasteiger partial charge in [-0.3, -0.25) is 4.79 Å². The Hall–Kier alpha value is -2.33. The maximum atomic E-state index is 12.5. The van der Waals surface area contributed by atoms with E-state index in [1.165, 1.54) is 0 Å². The molecule has 3 rings (SSSR count). The first-order valence-electron chi connectivity index (χ1n) is 7.66. The van der Waals surface area contributed by atoms with Crippen molar-refractivity contribution in [2.45, 2.75) is 18.9 Å². The summed E-state index contributed by atoms with van der Waals surface area (Å²) >= 11 is 0. The average Bonchev–Trinajstić information content (AvgIpc) is 2.57. The molecular weight excluding hydrogens is 276 g/mol. The molecule has 0 bridgehead atoms. The van der Waals surface area contributed by atoms with Gasteiger partial charge in [0.15, 0.2) is 0 Å². The number of carbonyl (C=O) groups is 1.